The van der Waals surface area contributed by atoms with Gasteiger partial charge in [0, 0.05) is 18.6 Å². The maximum Gasteiger partial charge on any atom is 0.326 e. The van der Waals surface area contributed by atoms with Gasteiger partial charge in [0.25, 0.3) is 0 Å². The molecule has 27 nitrogen and oxygen atoms in total. The standard InChI is InChI=1S/C52H85N11O16S2/c1-11-26(7)40(61-43(69)31(53)17-18-36(54)66)50(76)58-35(23-80)47(73)63-42(28(9)64)51(77)62-41(27(8)12-2)49(75)57-34(22-37(67)68)46(72)59-38(24(3)4)48(74)56-33(21-29-13-15-30(65)16-14-29)45(71)55-32(19-20-81-10)44(70)60-39(25(5)6)52(78)79/h13-16,24-28,31-35,38-42,64-65,80H,11-12,17-23,53H2,1-10H3,(H2,54,66)(H,55,71)(H,56,74)(H,57,75)(H,58,76)(H,59,72)(H,60,70)(H,61,69)(H,62,77)(H,63,73)(H,67,68)(H,78,79)/t26-,27-,28+,31-,32-,33-,34-,35-,38-,39-,40-,41-,42-/m0/s1. The molecule has 0 spiro atoms. The Kier molecular flexibility index (Phi) is 32.0. The Morgan fingerprint density at radius 3 is 1.41 bits per heavy atom. The number of thiol groups is 1. The Morgan fingerprint density at radius 1 is 0.543 bits per heavy atom. The number of nitrogens with two attached hydrogens (primary N) is 2. The molecule has 10 amide bonds. The molecule has 0 aliphatic carbocycles. The lowest BCUT2D eigenvalue weighted by Crippen LogP contribution is -2.63. The number of benzene rings is 1. The molecule has 0 aliphatic heterocycles. The quantitative estimate of drug-likeness (QED) is 0.0318. The summed E-state index contributed by atoms with van der Waals surface area (Å²) in [6, 6.07) is -9.02. The third-order valence-corrected chi connectivity index (χ3v) is 14.3. The zero-order valence-electron chi connectivity index (χ0n) is 47.5. The molecule has 0 bridgehead atoms. The number of carboxylic acids is 2. The van der Waals surface area contributed by atoms with E-state index in [4.69, 9.17) is 11.5 Å². The third kappa shape index (κ3) is 24.9. The molecule has 81 heavy (non-hydrogen) atoms. The van der Waals surface area contributed by atoms with Crippen LogP contribution in [0.5, 0.6) is 5.75 Å². The first-order valence-corrected chi connectivity index (χ1v) is 28.6. The maximum atomic E-state index is 14.2. The van der Waals surface area contributed by atoms with Crippen molar-refractivity contribution in [1.29, 1.82) is 0 Å². The Hall–Kier alpha value is -6.72. The number of nitrogens with one attached hydrogen (secondary N) is 9. The van der Waals surface area contributed by atoms with Gasteiger partial charge in [-0.1, -0.05) is 80.4 Å². The smallest absolute Gasteiger partial charge is 0.326 e. The highest BCUT2D eigenvalue weighted by Gasteiger charge is 2.39. The number of hydrogen-bond acceptors (Lipinski definition) is 17. The first kappa shape index (κ1) is 72.3. The molecule has 13 atom stereocenters. The fourth-order valence-electron chi connectivity index (χ4n) is 7.77. The van der Waals surface area contributed by atoms with Gasteiger partial charge in [-0.3, -0.25) is 52.7 Å². The number of aliphatic carboxylic acids is 2. The number of carboxylic acid groups (broad SMARTS) is 2. The minimum absolute atomic E-state index is 0.0614. The SMILES string of the molecule is CC[C@H](C)[C@H](NC(=O)[C@@H](NC(=O)[C@H](CS)NC(=O)[C@@H](NC(=O)[C@@H](N)CCC(N)=O)[C@@H](C)CC)[C@@H](C)O)C(=O)N[C@@H](CC(=O)O)C(=O)N[C@H](C(=O)N[C@@H](Cc1ccc(O)cc1)C(=O)N[C@@H](CCSC)C(=O)N[C@H](C(=O)O)C(C)C)C(C)C. The number of primary amides is 1. The minimum atomic E-state index is -1.90. The van der Waals surface area contributed by atoms with Crippen LogP contribution in [0.15, 0.2) is 24.3 Å². The Balaban J connectivity index is 3.49. The number of aromatic hydroxyl groups is 1. The normalized spacial score (nSPS) is 16.1. The maximum absolute atomic E-state index is 14.2. The van der Waals surface area contributed by atoms with Gasteiger partial charge in [-0.15, -0.1) is 0 Å². The summed E-state index contributed by atoms with van der Waals surface area (Å²) in [6.07, 6.45) is -0.780. The highest BCUT2D eigenvalue weighted by molar-refractivity contribution is 7.98. The second-order valence-corrected chi connectivity index (χ2v) is 21.9. The summed E-state index contributed by atoms with van der Waals surface area (Å²) in [5, 5.41) is 62.6. The lowest BCUT2D eigenvalue weighted by atomic mass is 9.96. The molecular weight excluding hydrogens is 1100 g/mol. The van der Waals surface area contributed by atoms with E-state index in [1.54, 1.807) is 40.9 Å². The number of hydrogen-bond donors (Lipinski definition) is 16. The second kappa shape index (κ2) is 35.9. The number of thioether (sulfide) groups is 1. The van der Waals surface area contributed by atoms with Crippen LogP contribution in [0.1, 0.15) is 106 Å². The number of phenolic OH excluding ortho intramolecular Hbond substituents is 1. The third-order valence-electron chi connectivity index (χ3n) is 13.2. The Morgan fingerprint density at radius 2 is 0.951 bits per heavy atom. The molecule has 0 fully saturated rings. The van der Waals surface area contributed by atoms with Crippen LogP contribution in [0.4, 0.5) is 0 Å². The molecule has 0 radical (unpaired) electrons. The van der Waals surface area contributed by atoms with Crippen LogP contribution >= 0.6 is 24.4 Å². The summed E-state index contributed by atoms with van der Waals surface area (Å²) in [5.74, 6) is -14.8. The van der Waals surface area contributed by atoms with Gasteiger partial charge in [-0.05, 0) is 73.1 Å². The molecule has 0 saturated heterocycles. The van der Waals surface area contributed by atoms with Crippen LogP contribution < -0.4 is 59.3 Å². The summed E-state index contributed by atoms with van der Waals surface area (Å²) in [4.78, 5) is 159. The van der Waals surface area contributed by atoms with Crippen molar-refractivity contribution in [2.24, 2.45) is 35.1 Å². The molecular formula is C52H85N11O16S2. The molecule has 1 aromatic carbocycles. The van der Waals surface area contributed by atoms with Crippen molar-refractivity contribution < 1.29 is 78.0 Å². The molecule has 456 valence electrons. The van der Waals surface area contributed by atoms with Crippen molar-refractivity contribution in [2.75, 3.05) is 17.8 Å². The molecule has 29 heteroatoms. The number of aliphatic hydroxyl groups is 1. The van der Waals surface area contributed by atoms with Crippen LogP contribution in [-0.2, 0) is 64.0 Å². The first-order valence-electron chi connectivity index (χ1n) is 26.6. The molecule has 0 unspecified atom stereocenters. The number of rotatable bonds is 37. The summed E-state index contributed by atoms with van der Waals surface area (Å²) in [6.45, 7) is 14.0. The van der Waals surface area contributed by atoms with Crippen molar-refractivity contribution in [3.8, 4) is 5.75 Å². The highest BCUT2D eigenvalue weighted by atomic mass is 32.2. The Bertz CT molecular complexity index is 2330. The number of amides is 10. The summed E-state index contributed by atoms with van der Waals surface area (Å²) in [7, 11) is 0. The van der Waals surface area contributed by atoms with Gasteiger partial charge in [0.05, 0.1) is 18.6 Å². The fraction of sp³-hybridized carbons (Fsp3) is 0.654. The average Bonchev–Trinajstić information content (AvgIpc) is 3.43. The summed E-state index contributed by atoms with van der Waals surface area (Å²) in [5.41, 5.74) is 11.5. The summed E-state index contributed by atoms with van der Waals surface area (Å²) >= 11 is 5.53. The number of carbonyl (C=O) groups excluding carboxylic acids is 10. The molecule has 1 rings (SSSR count). The van der Waals surface area contributed by atoms with Gasteiger partial charge in [-0.25, -0.2) is 4.79 Å². The lowest BCUT2D eigenvalue weighted by molar-refractivity contribution is -0.143. The van der Waals surface area contributed by atoms with Crippen molar-refractivity contribution in [1.82, 2.24) is 47.9 Å². The highest BCUT2D eigenvalue weighted by Crippen LogP contribution is 2.16. The van der Waals surface area contributed by atoms with Crippen molar-refractivity contribution in [3.05, 3.63) is 29.8 Å². The van der Waals surface area contributed by atoms with Crippen molar-refractivity contribution in [2.45, 2.75) is 174 Å². The molecule has 0 saturated carbocycles. The number of aliphatic hydroxyl groups excluding tert-OH is 1. The fourth-order valence-corrected chi connectivity index (χ4v) is 8.50. The predicted molar refractivity (Wildman–Crippen MR) is 303 cm³/mol. The van der Waals surface area contributed by atoms with E-state index < -0.39 is 168 Å². The largest absolute Gasteiger partial charge is 0.508 e. The van der Waals surface area contributed by atoms with Gasteiger partial charge in [0.2, 0.25) is 59.1 Å². The predicted octanol–water partition coefficient (Wildman–Crippen LogP) is -2.08. The molecule has 1 aromatic rings. The number of phenols is 1. The van der Waals surface area contributed by atoms with Crippen LogP contribution in [-0.4, -0.2) is 176 Å². The van der Waals surface area contributed by atoms with Crippen LogP contribution in [0.3, 0.4) is 0 Å². The average molecular weight is 1180 g/mol. The van der Waals surface area contributed by atoms with E-state index in [0.717, 1.165) is 6.92 Å². The van der Waals surface area contributed by atoms with Gasteiger partial charge in [-0.2, -0.15) is 24.4 Å². The van der Waals surface area contributed by atoms with Gasteiger partial charge >= 0.3 is 11.9 Å². The summed E-state index contributed by atoms with van der Waals surface area (Å²) < 4.78 is 0. The molecule has 0 heterocycles. The van der Waals surface area contributed by atoms with Crippen molar-refractivity contribution >= 4 is 95.4 Å². The van der Waals surface area contributed by atoms with Gasteiger partial charge in [0.15, 0.2) is 0 Å². The van der Waals surface area contributed by atoms with E-state index in [1.807, 2.05) is 0 Å². The van der Waals surface area contributed by atoms with Crippen molar-refractivity contribution in [3.63, 3.8) is 0 Å². The van der Waals surface area contributed by atoms with Crippen LogP contribution in [0.2, 0.25) is 0 Å². The Labute approximate surface area is 481 Å². The minimum Gasteiger partial charge on any atom is -0.508 e. The van der Waals surface area contributed by atoms with Gasteiger partial charge in [0.1, 0.15) is 60.1 Å². The van der Waals surface area contributed by atoms with Gasteiger partial charge < -0.3 is 79.7 Å². The van der Waals surface area contributed by atoms with E-state index in [0.29, 0.717) is 17.7 Å². The first-order chi connectivity index (χ1) is 37.8. The second-order valence-electron chi connectivity index (χ2n) is 20.6. The van der Waals surface area contributed by atoms with E-state index in [9.17, 15) is 78.0 Å². The molecule has 0 aromatic heterocycles. The van der Waals surface area contributed by atoms with E-state index in [2.05, 4.69) is 60.5 Å². The molecule has 0 aliphatic rings. The topological polar surface area (TPSA) is 446 Å². The number of carbonyl (C=O) groups is 12. The van der Waals surface area contributed by atoms with E-state index in [1.165, 1.54) is 56.8 Å². The molecule has 17 N–H and O–H groups in total. The van der Waals surface area contributed by atoms with Crippen LogP contribution in [0.25, 0.3) is 0 Å². The lowest BCUT2D eigenvalue weighted by Gasteiger charge is -2.31. The van der Waals surface area contributed by atoms with E-state index in [-0.39, 0.29) is 43.6 Å². The van der Waals surface area contributed by atoms with Crippen LogP contribution in [0, 0.1) is 23.7 Å². The van der Waals surface area contributed by atoms with E-state index >= 15 is 0 Å². The zero-order valence-corrected chi connectivity index (χ0v) is 49.2. The zero-order chi connectivity index (χ0) is 62.0. The monoisotopic (exact) mass is 1180 g/mol.